The van der Waals surface area contributed by atoms with E-state index in [2.05, 4.69) is 5.32 Å². The lowest BCUT2D eigenvalue weighted by atomic mass is 9.93. The smallest absolute Gasteiger partial charge is 0.277 e. The lowest BCUT2D eigenvalue weighted by Gasteiger charge is -2.43. The molecule has 2 aliphatic rings. The van der Waals surface area contributed by atoms with Crippen molar-refractivity contribution in [2.75, 3.05) is 4.90 Å². The average Bonchev–Trinajstić information content (AvgIpc) is 3.39. The van der Waals surface area contributed by atoms with E-state index in [1.54, 1.807) is 39.1 Å². The summed E-state index contributed by atoms with van der Waals surface area (Å²) in [6.07, 6.45) is 6.60. The number of aromatic nitrogens is 2. The Morgan fingerprint density at radius 2 is 1.94 bits per heavy atom. The number of carbonyl (C=O) groups excluding carboxylic acids is 2. The summed E-state index contributed by atoms with van der Waals surface area (Å²) in [7, 11) is 0. The molecule has 1 N–H and O–H groups in total. The Morgan fingerprint density at radius 1 is 1.15 bits per heavy atom. The SMILES string of the molecule is CC1(C(=O)NC2CCCCCC2)Cn2nc(-c3cccs3)cc2C(=O)N1c1cccc(Cl)c1. The van der Waals surface area contributed by atoms with Gasteiger partial charge in [-0.1, -0.05) is 49.4 Å². The van der Waals surface area contributed by atoms with Crippen molar-refractivity contribution in [2.45, 2.75) is 63.6 Å². The first-order chi connectivity index (χ1) is 16.0. The maximum Gasteiger partial charge on any atom is 0.277 e. The topological polar surface area (TPSA) is 67.2 Å². The quantitative estimate of drug-likeness (QED) is 0.497. The van der Waals surface area contributed by atoms with E-state index < -0.39 is 5.54 Å². The van der Waals surface area contributed by atoms with Gasteiger partial charge in [0.1, 0.15) is 16.9 Å². The number of benzene rings is 1. The molecule has 0 radical (unpaired) electrons. The minimum absolute atomic E-state index is 0.133. The molecular weight excluding hydrogens is 456 g/mol. The molecule has 2 aromatic heterocycles. The Balaban J connectivity index is 1.55. The molecule has 1 aliphatic heterocycles. The molecule has 0 saturated heterocycles. The maximum absolute atomic E-state index is 13.8. The van der Waals surface area contributed by atoms with Crippen LogP contribution in [-0.2, 0) is 11.3 Å². The van der Waals surface area contributed by atoms with Crippen molar-refractivity contribution in [3.05, 3.63) is 58.6 Å². The van der Waals surface area contributed by atoms with Gasteiger partial charge in [-0.05, 0) is 55.5 Å². The standard InChI is InChI=1S/C25H27ClN4O2S/c1-25(24(32)27-18-9-4-2-3-5-10-18)16-29-21(15-20(28-29)22-12-7-13-33-22)23(31)30(25)19-11-6-8-17(26)14-19/h6-8,11-15,18H,2-5,9-10,16H2,1H3,(H,27,32). The van der Waals surface area contributed by atoms with Gasteiger partial charge in [0, 0.05) is 16.8 Å². The summed E-state index contributed by atoms with van der Waals surface area (Å²) >= 11 is 7.85. The number of hydrogen-bond donors (Lipinski definition) is 1. The highest BCUT2D eigenvalue weighted by atomic mass is 35.5. The first-order valence-corrected chi connectivity index (χ1v) is 12.7. The molecule has 8 heteroatoms. The lowest BCUT2D eigenvalue weighted by Crippen LogP contribution is -2.65. The Bertz CT molecular complexity index is 1170. The van der Waals surface area contributed by atoms with Crippen LogP contribution in [0.2, 0.25) is 5.02 Å². The first kappa shape index (κ1) is 22.2. The molecule has 1 aliphatic carbocycles. The molecule has 1 unspecified atom stereocenters. The summed E-state index contributed by atoms with van der Waals surface area (Å²) < 4.78 is 1.69. The van der Waals surface area contributed by atoms with Gasteiger partial charge in [0.15, 0.2) is 0 Å². The molecule has 5 rings (SSSR count). The summed E-state index contributed by atoms with van der Waals surface area (Å²) in [6.45, 7) is 2.10. The largest absolute Gasteiger partial charge is 0.351 e. The normalized spacial score (nSPS) is 21.5. The van der Waals surface area contributed by atoms with Crippen LogP contribution in [0.25, 0.3) is 10.6 Å². The van der Waals surface area contributed by atoms with Crippen LogP contribution in [0.3, 0.4) is 0 Å². The van der Waals surface area contributed by atoms with E-state index in [4.69, 9.17) is 16.7 Å². The number of anilines is 1. The van der Waals surface area contributed by atoms with Gasteiger partial charge in [-0.15, -0.1) is 11.3 Å². The highest BCUT2D eigenvalue weighted by molar-refractivity contribution is 7.13. The van der Waals surface area contributed by atoms with Crippen molar-refractivity contribution in [1.82, 2.24) is 15.1 Å². The van der Waals surface area contributed by atoms with Crippen LogP contribution in [0.1, 0.15) is 55.9 Å². The van der Waals surface area contributed by atoms with E-state index in [1.807, 2.05) is 36.6 Å². The summed E-state index contributed by atoms with van der Waals surface area (Å²) in [5.41, 5.74) is 0.682. The Morgan fingerprint density at radius 3 is 2.64 bits per heavy atom. The van der Waals surface area contributed by atoms with Crippen LogP contribution in [0.5, 0.6) is 0 Å². The van der Waals surface area contributed by atoms with Gasteiger partial charge in [0.05, 0.1) is 11.4 Å². The Kier molecular flexibility index (Phi) is 6.01. The van der Waals surface area contributed by atoms with E-state index in [1.165, 1.54) is 12.8 Å². The van der Waals surface area contributed by atoms with E-state index in [-0.39, 0.29) is 24.4 Å². The number of nitrogens with zero attached hydrogens (tertiary/aromatic N) is 3. The monoisotopic (exact) mass is 482 g/mol. The predicted octanol–water partition coefficient (Wildman–Crippen LogP) is 5.52. The molecule has 3 heterocycles. The molecule has 0 bridgehead atoms. The van der Waals surface area contributed by atoms with Crippen molar-refractivity contribution < 1.29 is 9.59 Å². The van der Waals surface area contributed by atoms with E-state index >= 15 is 0 Å². The van der Waals surface area contributed by atoms with Crippen molar-refractivity contribution in [1.29, 1.82) is 0 Å². The molecule has 0 spiro atoms. The van der Waals surface area contributed by atoms with E-state index in [9.17, 15) is 9.59 Å². The Hall–Kier alpha value is -2.64. The first-order valence-electron chi connectivity index (χ1n) is 11.5. The third-order valence-corrected chi connectivity index (χ3v) is 7.80. The Labute approximate surface area is 202 Å². The average molecular weight is 483 g/mol. The van der Waals surface area contributed by atoms with Crippen LogP contribution >= 0.6 is 22.9 Å². The molecule has 6 nitrogen and oxygen atoms in total. The zero-order chi connectivity index (χ0) is 23.0. The number of rotatable bonds is 4. The number of fused-ring (bicyclic) bond motifs is 1. The van der Waals surface area contributed by atoms with Gasteiger partial charge in [-0.2, -0.15) is 5.10 Å². The van der Waals surface area contributed by atoms with Gasteiger partial charge >= 0.3 is 0 Å². The molecular formula is C25H27ClN4O2S. The van der Waals surface area contributed by atoms with Gasteiger partial charge in [0.2, 0.25) is 5.91 Å². The van der Waals surface area contributed by atoms with E-state index in [0.29, 0.717) is 16.4 Å². The highest BCUT2D eigenvalue weighted by Gasteiger charge is 2.49. The fourth-order valence-electron chi connectivity index (χ4n) is 4.91. The fourth-order valence-corrected chi connectivity index (χ4v) is 5.78. The second-order valence-corrected chi connectivity index (χ2v) is 10.5. The fraction of sp³-hybridized carbons (Fsp3) is 0.400. The van der Waals surface area contributed by atoms with Gasteiger partial charge in [-0.25, -0.2) is 0 Å². The van der Waals surface area contributed by atoms with Crippen LogP contribution in [0, 0.1) is 0 Å². The maximum atomic E-state index is 13.8. The number of halogens is 1. The number of hydrogen-bond acceptors (Lipinski definition) is 4. The van der Waals surface area contributed by atoms with Crippen molar-refractivity contribution in [2.24, 2.45) is 0 Å². The summed E-state index contributed by atoms with van der Waals surface area (Å²) in [4.78, 5) is 30.2. The third kappa shape index (κ3) is 4.20. The second kappa shape index (κ2) is 8.95. The predicted molar refractivity (Wildman–Crippen MR) is 132 cm³/mol. The van der Waals surface area contributed by atoms with Crippen molar-refractivity contribution >= 4 is 40.4 Å². The molecule has 33 heavy (non-hydrogen) atoms. The summed E-state index contributed by atoms with van der Waals surface area (Å²) in [5, 5.41) is 10.5. The molecule has 3 aromatic rings. The number of amides is 2. The molecule has 1 atom stereocenters. The molecule has 1 fully saturated rings. The van der Waals surface area contributed by atoms with Crippen molar-refractivity contribution in [3.63, 3.8) is 0 Å². The van der Waals surface area contributed by atoms with Crippen LogP contribution in [0.4, 0.5) is 5.69 Å². The lowest BCUT2D eigenvalue weighted by molar-refractivity contribution is -0.127. The van der Waals surface area contributed by atoms with E-state index in [0.717, 1.165) is 36.3 Å². The van der Waals surface area contributed by atoms with Crippen molar-refractivity contribution in [3.8, 4) is 10.6 Å². The minimum Gasteiger partial charge on any atom is -0.351 e. The summed E-state index contributed by atoms with van der Waals surface area (Å²) in [6, 6.07) is 13.0. The highest BCUT2D eigenvalue weighted by Crippen LogP contribution is 2.36. The van der Waals surface area contributed by atoms with Crippen LogP contribution in [0.15, 0.2) is 47.8 Å². The minimum atomic E-state index is -1.14. The molecule has 1 saturated carbocycles. The number of thiophene rings is 1. The van der Waals surface area contributed by atoms with Gasteiger partial charge in [0.25, 0.3) is 5.91 Å². The zero-order valence-corrected chi connectivity index (χ0v) is 20.2. The zero-order valence-electron chi connectivity index (χ0n) is 18.6. The molecule has 172 valence electrons. The molecule has 1 aromatic carbocycles. The summed E-state index contributed by atoms with van der Waals surface area (Å²) in [5.74, 6) is -0.404. The molecule has 2 amide bonds. The number of carbonyl (C=O) groups is 2. The van der Waals surface area contributed by atoms with Crippen LogP contribution < -0.4 is 10.2 Å². The van der Waals surface area contributed by atoms with Gasteiger partial charge in [-0.3, -0.25) is 19.2 Å². The third-order valence-electron chi connectivity index (χ3n) is 6.67. The van der Waals surface area contributed by atoms with Gasteiger partial charge < -0.3 is 5.32 Å². The number of nitrogens with one attached hydrogen (secondary N) is 1. The second-order valence-electron chi connectivity index (χ2n) is 9.11. The van der Waals surface area contributed by atoms with Crippen LogP contribution in [-0.4, -0.2) is 33.2 Å².